The summed E-state index contributed by atoms with van der Waals surface area (Å²) in [5.74, 6) is 2.27. The minimum Gasteiger partial charge on any atom is -0.490 e. The van der Waals surface area contributed by atoms with Crippen LogP contribution in [0, 0.1) is 11.8 Å². The van der Waals surface area contributed by atoms with Gasteiger partial charge >= 0.3 is 0 Å². The summed E-state index contributed by atoms with van der Waals surface area (Å²) in [5.41, 5.74) is 0.584. The molecule has 1 heterocycles. The van der Waals surface area contributed by atoms with Gasteiger partial charge in [0.05, 0.1) is 18.2 Å². The van der Waals surface area contributed by atoms with E-state index in [9.17, 15) is 4.79 Å². The zero-order chi connectivity index (χ0) is 14.8. The van der Waals surface area contributed by atoms with Crippen molar-refractivity contribution in [1.29, 1.82) is 0 Å². The molecule has 0 spiro atoms. The molecular weight excluding hydrogens is 288 g/mol. The smallest absolute Gasteiger partial charge is 0.167 e. The van der Waals surface area contributed by atoms with Crippen molar-refractivity contribution < 1.29 is 14.3 Å². The second kappa shape index (κ2) is 6.27. The van der Waals surface area contributed by atoms with Gasteiger partial charge in [-0.3, -0.25) is 4.79 Å². The molecule has 0 amide bonds. The molecule has 0 N–H and O–H groups in total. The molecule has 0 unspecified atom stereocenters. The second-order valence-corrected chi connectivity index (χ2v) is 6.56. The van der Waals surface area contributed by atoms with Gasteiger partial charge in [-0.1, -0.05) is 31.4 Å². The molecular formula is C17H21ClO3. The number of Topliss-reactive ketones (excluding diaryl/α,β-unsaturated/α-hetero) is 1. The number of fused-ring (bicyclic) bond motifs is 1. The van der Waals surface area contributed by atoms with Gasteiger partial charge < -0.3 is 9.47 Å². The highest BCUT2D eigenvalue weighted by Gasteiger charge is 2.28. The van der Waals surface area contributed by atoms with E-state index in [1.54, 1.807) is 12.1 Å². The Kier molecular flexibility index (Phi) is 4.39. The number of carbonyl (C=O) groups is 1. The van der Waals surface area contributed by atoms with E-state index in [1.165, 1.54) is 0 Å². The van der Waals surface area contributed by atoms with Crippen LogP contribution in [0.4, 0.5) is 0 Å². The van der Waals surface area contributed by atoms with Gasteiger partial charge in [0.25, 0.3) is 0 Å². The molecule has 0 bridgehead atoms. The maximum absolute atomic E-state index is 12.7. The van der Waals surface area contributed by atoms with Crippen LogP contribution >= 0.6 is 11.6 Å². The molecule has 1 aliphatic heterocycles. The fourth-order valence-electron chi connectivity index (χ4n) is 3.11. The lowest BCUT2D eigenvalue weighted by Gasteiger charge is -2.25. The van der Waals surface area contributed by atoms with Crippen LogP contribution in [0.2, 0.25) is 5.02 Å². The van der Waals surface area contributed by atoms with Gasteiger partial charge in [0.1, 0.15) is 0 Å². The average molecular weight is 309 g/mol. The van der Waals surface area contributed by atoms with E-state index < -0.39 is 0 Å². The molecule has 21 heavy (non-hydrogen) atoms. The molecule has 1 aromatic rings. The number of ketones is 1. The molecule has 0 atom stereocenters. The molecule has 2 aliphatic rings. The van der Waals surface area contributed by atoms with Gasteiger partial charge in [0.2, 0.25) is 0 Å². The third kappa shape index (κ3) is 3.18. The molecule has 114 valence electrons. The summed E-state index contributed by atoms with van der Waals surface area (Å²) in [7, 11) is 0. The van der Waals surface area contributed by atoms with Crippen LogP contribution in [0.15, 0.2) is 12.1 Å². The predicted molar refractivity (Wildman–Crippen MR) is 82.5 cm³/mol. The number of halogens is 1. The van der Waals surface area contributed by atoms with Crippen molar-refractivity contribution in [1.82, 2.24) is 0 Å². The molecule has 3 rings (SSSR count). The topological polar surface area (TPSA) is 35.5 Å². The summed E-state index contributed by atoms with van der Waals surface area (Å²) in [6, 6.07) is 3.49. The van der Waals surface area contributed by atoms with Crippen LogP contribution in [0.25, 0.3) is 0 Å². The average Bonchev–Trinajstić information content (AvgIpc) is 2.71. The minimum atomic E-state index is 0.100. The first kappa shape index (κ1) is 14.7. The van der Waals surface area contributed by atoms with Crippen molar-refractivity contribution in [3.05, 3.63) is 22.7 Å². The van der Waals surface area contributed by atoms with Crippen molar-refractivity contribution in [2.75, 3.05) is 13.2 Å². The van der Waals surface area contributed by atoms with Crippen molar-refractivity contribution in [3.63, 3.8) is 0 Å². The fourth-order valence-corrected chi connectivity index (χ4v) is 3.36. The Bertz CT molecular complexity index is 533. The maximum Gasteiger partial charge on any atom is 0.167 e. The second-order valence-electron chi connectivity index (χ2n) is 6.15. The number of hydrogen-bond acceptors (Lipinski definition) is 3. The number of rotatable bonds is 2. The van der Waals surface area contributed by atoms with Crippen LogP contribution in [0.3, 0.4) is 0 Å². The minimum absolute atomic E-state index is 0.100. The van der Waals surface area contributed by atoms with Crippen molar-refractivity contribution in [2.24, 2.45) is 11.8 Å². The number of hydrogen-bond donors (Lipinski definition) is 0. The van der Waals surface area contributed by atoms with Crippen LogP contribution in [-0.2, 0) is 0 Å². The standard InChI is InChI=1S/C17H21ClO3/c1-11-3-5-12(6-4-11)17(19)13-9-15-16(10-14(13)18)21-8-2-7-20-15/h9-12H,2-8H2,1H3. The predicted octanol–water partition coefficient (Wildman–Crippen LogP) is 4.51. The lowest BCUT2D eigenvalue weighted by atomic mass is 9.79. The monoisotopic (exact) mass is 308 g/mol. The first-order valence-electron chi connectivity index (χ1n) is 7.78. The Morgan fingerprint density at radius 2 is 1.71 bits per heavy atom. The van der Waals surface area contributed by atoms with Crippen LogP contribution < -0.4 is 9.47 Å². The van der Waals surface area contributed by atoms with Crippen molar-refractivity contribution >= 4 is 17.4 Å². The number of ether oxygens (including phenoxy) is 2. The molecule has 4 heteroatoms. The molecule has 3 nitrogen and oxygen atoms in total. The normalized spacial score (nSPS) is 25.2. The van der Waals surface area contributed by atoms with Crippen LogP contribution in [0.5, 0.6) is 11.5 Å². The summed E-state index contributed by atoms with van der Waals surface area (Å²) >= 11 is 6.30. The van der Waals surface area contributed by atoms with Crippen molar-refractivity contribution in [2.45, 2.75) is 39.0 Å². The van der Waals surface area contributed by atoms with E-state index in [-0.39, 0.29) is 11.7 Å². The van der Waals surface area contributed by atoms with Gasteiger partial charge in [-0.05, 0) is 24.8 Å². The maximum atomic E-state index is 12.7. The molecule has 0 saturated heterocycles. The molecule has 1 saturated carbocycles. The van der Waals surface area contributed by atoms with Gasteiger partial charge in [-0.15, -0.1) is 0 Å². The van der Waals surface area contributed by atoms with Gasteiger partial charge in [0.15, 0.2) is 17.3 Å². The third-order valence-corrected chi connectivity index (χ3v) is 4.80. The molecule has 0 radical (unpaired) electrons. The lowest BCUT2D eigenvalue weighted by molar-refractivity contribution is 0.0875. The van der Waals surface area contributed by atoms with E-state index in [4.69, 9.17) is 21.1 Å². The van der Waals surface area contributed by atoms with E-state index in [1.807, 2.05) is 0 Å². The summed E-state index contributed by atoms with van der Waals surface area (Å²) in [5, 5.41) is 0.475. The van der Waals surface area contributed by atoms with E-state index in [0.717, 1.165) is 38.0 Å². The highest BCUT2D eigenvalue weighted by Crippen LogP contribution is 2.38. The van der Waals surface area contributed by atoms with Crippen molar-refractivity contribution in [3.8, 4) is 11.5 Å². The van der Waals surface area contributed by atoms with Crippen LogP contribution in [-0.4, -0.2) is 19.0 Å². The molecule has 1 fully saturated rings. The highest BCUT2D eigenvalue weighted by molar-refractivity contribution is 6.34. The fraction of sp³-hybridized carbons (Fsp3) is 0.588. The Labute approximate surface area is 130 Å². The largest absolute Gasteiger partial charge is 0.490 e. The number of benzene rings is 1. The summed E-state index contributed by atoms with van der Waals surface area (Å²) in [4.78, 5) is 12.7. The Morgan fingerprint density at radius 3 is 2.38 bits per heavy atom. The lowest BCUT2D eigenvalue weighted by Crippen LogP contribution is -2.21. The Morgan fingerprint density at radius 1 is 1.10 bits per heavy atom. The quantitative estimate of drug-likeness (QED) is 0.754. The first-order valence-corrected chi connectivity index (χ1v) is 8.16. The molecule has 1 aromatic carbocycles. The van der Waals surface area contributed by atoms with Gasteiger partial charge in [-0.2, -0.15) is 0 Å². The van der Waals surface area contributed by atoms with Crippen LogP contribution in [0.1, 0.15) is 49.4 Å². The molecule has 0 aromatic heterocycles. The zero-order valence-corrected chi connectivity index (χ0v) is 13.1. The SMILES string of the molecule is CC1CCC(C(=O)c2cc3c(cc2Cl)OCCCO3)CC1. The highest BCUT2D eigenvalue weighted by atomic mass is 35.5. The van der Waals surface area contributed by atoms with Gasteiger partial charge in [-0.25, -0.2) is 0 Å². The summed E-state index contributed by atoms with van der Waals surface area (Å²) in [6.45, 7) is 3.49. The first-order chi connectivity index (χ1) is 10.1. The molecule has 1 aliphatic carbocycles. The Hall–Kier alpha value is -1.22. The van der Waals surface area contributed by atoms with E-state index >= 15 is 0 Å². The van der Waals surface area contributed by atoms with E-state index in [2.05, 4.69) is 6.92 Å². The summed E-state index contributed by atoms with van der Waals surface area (Å²) < 4.78 is 11.3. The number of carbonyl (C=O) groups excluding carboxylic acids is 1. The summed E-state index contributed by atoms with van der Waals surface area (Å²) in [6.07, 6.45) is 5.02. The van der Waals surface area contributed by atoms with E-state index in [0.29, 0.717) is 35.3 Å². The Balaban J connectivity index is 1.84. The van der Waals surface area contributed by atoms with Gasteiger partial charge in [0, 0.05) is 24.0 Å². The third-order valence-electron chi connectivity index (χ3n) is 4.49. The zero-order valence-electron chi connectivity index (χ0n) is 12.4.